The number of hydrogen-bond acceptors (Lipinski definition) is 2. The Morgan fingerprint density at radius 3 is 2.54 bits per heavy atom. The van der Waals surface area contributed by atoms with Gasteiger partial charge >= 0.3 is 12.0 Å². The molecule has 26 heavy (non-hydrogen) atoms. The summed E-state index contributed by atoms with van der Waals surface area (Å²) in [5.74, 6) is -0.830. The lowest BCUT2D eigenvalue weighted by molar-refractivity contribution is -0.136. The molecule has 1 aliphatic rings. The summed E-state index contributed by atoms with van der Waals surface area (Å²) in [7, 11) is 0. The predicted molar refractivity (Wildman–Crippen MR) is 100 cm³/mol. The van der Waals surface area contributed by atoms with Gasteiger partial charge in [-0.25, -0.2) is 4.79 Å². The van der Waals surface area contributed by atoms with Gasteiger partial charge in [0.1, 0.15) is 0 Å². The Morgan fingerprint density at radius 2 is 1.81 bits per heavy atom. The number of urea groups is 1. The van der Waals surface area contributed by atoms with Gasteiger partial charge in [-0.15, -0.1) is 0 Å². The molecule has 2 aromatic carbocycles. The van der Waals surface area contributed by atoms with Gasteiger partial charge in [0, 0.05) is 25.0 Å². The molecule has 0 spiro atoms. The predicted octanol–water partition coefficient (Wildman–Crippen LogP) is 3.25. The van der Waals surface area contributed by atoms with Crippen molar-refractivity contribution in [1.82, 2.24) is 10.2 Å². The van der Waals surface area contributed by atoms with Crippen LogP contribution in [0, 0.1) is 0 Å². The molecule has 0 bridgehead atoms. The molecule has 2 N–H and O–H groups in total. The van der Waals surface area contributed by atoms with Crippen molar-refractivity contribution in [3.8, 4) is 0 Å². The maximum atomic E-state index is 12.7. The first-order valence-corrected chi connectivity index (χ1v) is 8.97. The fourth-order valence-electron chi connectivity index (χ4n) is 3.73. The molecule has 2 aromatic rings. The van der Waals surface area contributed by atoms with E-state index >= 15 is 0 Å². The summed E-state index contributed by atoms with van der Waals surface area (Å²) in [5, 5.41) is 11.5. The van der Waals surface area contributed by atoms with Crippen LogP contribution in [0.1, 0.15) is 36.0 Å². The fraction of sp³-hybridized carbons (Fsp3) is 0.333. The highest BCUT2D eigenvalue weighted by atomic mass is 16.4. The highest BCUT2D eigenvalue weighted by Crippen LogP contribution is 2.35. The van der Waals surface area contributed by atoms with Gasteiger partial charge in [-0.1, -0.05) is 54.6 Å². The average Bonchev–Trinajstić information content (AvgIpc) is 2.78. The van der Waals surface area contributed by atoms with Gasteiger partial charge in [-0.2, -0.15) is 0 Å². The van der Waals surface area contributed by atoms with Crippen molar-refractivity contribution >= 4 is 12.0 Å². The van der Waals surface area contributed by atoms with Crippen LogP contribution in [0.4, 0.5) is 4.79 Å². The van der Waals surface area contributed by atoms with Crippen molar-refractivity contribution in [2.45, 2.75) is 31.7 Å². The van der Waals surface area contributed by atoms with E-state index in [1.54, 1.807) is 0 Å². The van der Waals surface area contributed by atoms with Crippen LogP contribution in [0.15, 0.2) is 54.6 Å². The molecular weight excluding hydrogens is 328 g/mol. The number of nitrogens with one attached hydrogen (secondary N) is 1. The molecule has 2 amide bonds. The van der Waals surface area contributed by atoms with Crippen molar-refractivity contribution in [2.75, 3.05) is 13.1 Å². The Bertz CT molecular complexity index is 776. The van der Waals surface area contributed by atoms with Crippen molar-refractivity contribution in [2.24, 2.45) is 0 Å². The maximum absolute atomic E-state index is 12.7. The number of aliphatic carboxylic acids is 1. The third-order valence-corrected chi connectivity index (χ3v) is 5.02. The van der Waals surface area contributed by atoms with E-state index < -0.39 is 5.97 Å². The summed E-state index contributed by atoms with van der Waals surface area (Å²) in [5.41, 5.74) is 3.69. The second kappa shape index (κ2) is 8.04. The second-order valence-corrected chi connectivity index (χ2v) is 6.65. The normalized spacial score (nSPS) is 19.3. The number of nitrogens with zero attached hydrogens (tertiary/aromatic N) is 1. The van der Waals surface area contributed by atoms with Crippen LogP contribution >= 0.6 is 0 Å². The minimum Gasteiger partial charge on any atom is -0.481 e. The first-order valence-electron chi connectivity index (χ1n) is 8.97. The number of rotatable bonds is 4. The zero-order chi connectivity index (χ0) is 18.5. The Kier molecular flexibility index (Phi) is 5.56. The molecule has 136 valence electrons. The van der Waals surface area contributed by atoms with Crippen molar-refractivity contribution < 1.29 is 14.7 Å². The Balaban J connectivity index is 1.89. The molecule has 5 heteroatoms. The molecular formula is C21H24N2O3. The molecule has 0 saturated heterocycles. The lowest BCUT2D eigenvalue weighted by Gasteiger charge is -2.33. The summed E-state index contributed by atoms with van der Waals surface area (Å²) in [6, 6.07) is 18.4. The molecule has 0 fully saturated rings. The van der Waals surface area contributed by atoms with E-state index in [1.807, 2.05) is 35.2 Å². The summed E-state index contributed by atoms with van der Waals surface area (Å²) in [6.45, 7) is 2.82. The van der Waals surface area contributed by atoms with E-state index in [-0.39, 0.29) is 31.0 Å². The topological polar surface area (TPSA) is 69.6 Å². The standard InChI is InChI=1S/C21H24N2O3/c1-15-20(17-8-3-2-4-9-17)18-10-6-5-7-16(18)12-14-23(15)21(26)22-13-11-19(24)25/h2-10,15,20H,11-14H2,1H3,(H,22,26)(H,24,25). The van der Waals surface area contributed by atoms with E-state index in [0.717, 1.165) is 6.42 Å². The quantitative estimate of drug-likeness (QED) is 0.887. The molecule has 5 nitrogen and oxygen atoms in total. The SMILES string of the molecule is CC1C(c2ccccc2)c2ccccc2CCN1C(=O)NCCC(=O)O. The first-order chi connectivity index (χ1) is 12.6. The molecule has 0 aromatic heterocycles. The maximum Gasteiger partial charge on any atom is 0.317 e. The molecule has 0 saturated carbocycles. The number of carbonyl (C=O) groups excluding carboxylic acids is 1. The first kappa shape index (κ1) is 18.0. The lowest BCUT2D eigenvalue weighted by Crippen LogP contribution is -2.47. The summed E-state index contributed by atoms with van der Waals surface area (Å²) in [4.78, 5) is 25.2. The van der Waals surface area contributed by atoms with E-state index in [2.05, 4.69) is 36.5 Å². The van der Waals surface area contributed by atoms with Gasteiger partial charge < -0.3 is 15.3 Å². The molecule has 0 radical (unpaired) electrons. The second-order valence-electron chi connectivity index (χ2n) is 6.65. The number of benzene rings is 2. The van der Waals surface area contributed by atoms with Crippen molar-refractivity contribution in [3.63, 3.8) is 0 Å². The highest BCUT2D eigenvalue weighted by Gasteiger charge is 2.33. The minimum absolute atomic E-state index is 0.0362. The van der Waals surface area contributed by atoms with Crippen LogP contribution in [0.3, 0.4) is 0 Å². The van der Waals surface area contributed by atoms with Crippen LogP contribution < -0.4 is 5.32 Å². The minimum atomic E-state index is -0.913. The number of carboxylic acids is 1. The van der Waals surface area contributed by atoms with Crippen LogP contribution in [0.25, 0.3) is 0 Å². The van der Waals surface area contributed by atoms with E-state index in [0.29, 0.717) is 6.54 Å². The Hall–Kier alpha value is -2.82. The van der Waals surface area contributed by atoms with Crippen molar-refractivity contribution in [3.05, 3.63) is 71.3 Å². The monoisotopic (exact) mass is 352 g/mol. The van der Waals surface area contributed by atoms with Gasteiger partial charge in [0.15, 0.2) is 0 Å². The molecule has 3 rings (SSSR count). The number of hydrogen-bond donors (Lipinski definition) is 2. The fourth-order valence-corrected chi connectivity index (χ4v) is 3.73. The number of carboxylic acid groups (broad SMARTS) is 1. The van der Waals surface area contributed by atoms with Gasteiger partial charge in [-0.3, -0.25) is 4.79 Å². The molecule has 2 atom stereocenters. The largest absolute Gasteiger partial charge is 0.481 e. The third-order valence-electron chi connectivity index (χ3n) is 5.02. The zero-order valence-electron chi connectivity index (χ0n) is 14.9. The molecule has 0 aliphatic carbocycles. The van der Waals surface area contributed by atoms with Gasteiger partial charge in [0.2, 0.25) is 0 Å². The number of fused-ring (bicyclic) bond motifs is 1. The number of carbonyl (C=O) groups is 2. The lowest BCUT2D eigenvalue weighted by atomic mass is 9.83. The van der Waals surface area contributed by atoms with Gasteiger partial charge in [0.05, 0.1) is 6.42 Å². The smallest absolute Gasteiger partial charge is 0.317 e. The Morgan fingerprint density at radius 1 is 1.12 bits per heavy atom. The average molecular weight is 352 g/mol. The molecule has 1 aliphatic heterocycles. The summed E-state index contributed by atoms with van der Waals surface area (Å²) < 4.78 is 0. The summed E-state index contributed by atoms with van der Waals surface area (Å²) in [6.07, 6.45) is 0.715. The molecule has 1 heterocycles. The van der Waals surface area contributed by atoms with Crippen LogP contribution in [0.2, 0.25) is 0 Å². The van der Waals surface area contributed by atoms with Crippen LogP contribution in [0.5, 0.6) is 0 Å². The van der Waals surface area contributed by atoms with Gasteiger partial charge in [0.25, 0.3) is 0 Å². The third kappa shape index (κ3) is 3.87. The van der Waals surface area contributed by atoms with E-state index in [4.69, 9.17) is 5.11 Å². The van der Waals surface area contributed by atoms with E-state index in [1.165, 1.54) is 16.7 Å². The number of amides is 2. The van der Waals surface area contributed by atoms with Crippen LogP contribution in [-0.4, -0.2) is 41.1 Å². The summed E-state index contributed by atoms with van der Waals surface area (Å²) >= 11 is 0. The highest BCUT2D eigenvalue weighted by molar-refractivity contribution is 5.76. The van der Waals surface area contributed by atoms with Crippen LogP contribution in [-0.2, 0) is 11.2 Å². The molecule has 2 unspecified atom stereocenters. The van der Waals surface area contributed by atoms with Crippen molar-refractivity contribution in [1.29, 1.82) is 0 Å². The van der Waals surface area contributed by atoms with Gasteiger partial charge in [-0.05, 0) is 30.0 Å². The Labute approximate surface area is 153 Å². The van der Waals surface area contributed by atoms with E-state index in [9.17, 15) is 9.59 Å². The zero-order valence-corrected chi connectivity index (χ0v) is 14.9.